The Morgan fingerprint density at radius 2 is 2.42 bits per heavy atom. The minimum Gasteiger partial charge on any atom is -0.384 e. The molecule has 0 saturated heterocycles. The summed E-state index contributed by atoms with van der Waals surface area (Å²) < 4.78 is 13.0. The summed E-state index contributed by atoms with van der Waals surface area (Å²) in [5.74, 6) is -0.534. The van der Waals surface area contributed by atoms with E-state index in [0.717, 1.165) is 6.20 Å². The molecule has 1 aromatic rings. The highest BCUT2D eigenvalue weighted by atomic mass is 19.1. The average Bonchev–Trinajstić information content (AvgIpc) is 2.05. The highest BCUT2D eigenvalue weighted by Gasteiger charge is 2.24. The molecule has 0 radical (unpaired) electrons. The third-order valence-electron chi connectivity index (χ3n) is 1.75. The third kappa shape index (κ3) is 1.60. The van der Waals surface area contributed by atoms with E-state index < -0.39 is 11.4 Å². The maximum absolute atomic E-state index is 13.0. The van der Waals surface area contributed by atoms with E-state index >= 15 is 0 Å². The van der Waals surface area contributed by atoms with E-state index in [1.54, 1.807) is 0 Å². The molecule has 0 aliphatic heterocycles. The fraction of sp³-hybridized carbons (Fsp3) is 0.375. The van der Waals surface area contributed by atoms with Gasteiger partial charge in [0.05, 0.1) is 6.20 Å². The summed E-state index contributed by atoms with van der Waals surface area (Å²) in [5.41, 5.74) is 4.14. The molecule has 66 valence electrons. The van der Waals surface area contributed by atoms with E-state index in [1.807, 2.05) is 0 Å². The Morgan fingerprint density at radius 3 is 2.92 bits per heavy atom. The largest absolute Gasteiger partial charge is 0.384 e. The van der Waals surface area contributed by atoms with Gasteiger partial charge in [0.1, 0.15) is 11.4 Å². The number of aromatic nitrogens is 1. The summed E-state index contributed by atoms with van der Waals surface area (Å²) in [7, 11) is 0. The van der Waals surface area contributed by atoms with Crippen molar-refractivity contribution in [2.45, 2.75) is 12.5 Å². The van der Waals surface area contributed by atoms with Crippen molar-refractivity contribution in [1.29, 1.82) is 0 Å². The van der Waals surface area contributed by atoms with Crippen LogP contribution in [0.15, 0.2) is 18.5 Å². The first kappa shape index (κ1) is 9.09. The van der Waals surface area contributed by atoms with Crippen molar-refractivity contribution in [2.24, 2.45) is 5.73 Å². The SMILES string of the molecule is CC(O)(CN)c1ccncc1F. The predicted octanol–water partition coefficient (Wildman–Crippen LogP) is 0.387. The molecule has 0 spiro atoms. The van der Waals surface area contributed by atoms with Crippen LogP contribution in [0.25, 0.3) is 0 Å². The zero-order chi connectivity index (χ0) is 9.19. The molecule has 1 heterocycles. The number of hydrogen-bond donors (Lipinski definition) is 2. The number of aliphatic hydroxyl groups is 1. The maximum Gasteiger partial charge on any atom is 0.147 e. The Bertz CT molecular complexity index is 276. The first-order chi connectivity index (χ1) is 5.58. The molecule has 1 rings (SSSR count). The van der Waals surface area contributed by atoms with E-state index in [2.05, 4.69) is 4.98 Å². The van der Waals surface area contributed by atoms with Gasteiger partial charge < -0.3 is 10.8 Å². The second-order valence-corrected chi connectivity index (χ2v) is 2.83. The molecule has 0 aliphatic carbocycles. The van der Waals surface area contributed by atoms with E-state index in [9.17, 15) is 9.50 Å². The fourth-order valence-electron chi connectivity index (χ4n) is 0.922. The van der Waals surface area contributed by atoms with Gasteiger partial charge in [0.15, 0.2) is 0 Å². The molecule has 0 amide bonds. The van der Waals surface area contributed by atoms with Gasteiger partial charge >= 0.3 is 0 Å². The van der Waals surface area contributed by atoms with Crippen molar-refractivity contribution in [2.75, 3.05) is 6.54 Å². The first-order valence-electron chi connectivity index (χ1n) is 3.60. The number of nitrogens with two attached hydrogens (primary N) is 1. The smallest absolute Gasteiger partial charge is 0.147 e. The van der Waals surface area contributed by atoms with Crippen molar-refractivity contribution in [1.82, 2.24) is 4.98 Å². The lowest BCUT2D eigenvalue weighted by atomic mass is 9.97. The molecular weight excluding hydrogens is 159 g/mol. The molecule has 1 unspecified atom stereocenters. The monoisotopic (exact) mass is 170 g/mol. The Hall–Kier alpha value is -1.00. The van der Waals surface area contributed by atoms with Crippen LogP contribution in [0.3, 0.4) is 0 Å². The van der Waals surface area contributed by atoms with Crippen LogP contribution in [-0.2, 0) is 5.60 Å². The lowest BCUT2D eigenvalue weighted by Crippen LogP contribution is -2.32. The number of halogens is 1. The molecule has 0 aliphatic rings. The van der Waals surface area contributed by atoms with Gasteiger partial charge in [0.2, 0.25) is 0 Å². The van der Waals surface area contributed by atoms with Crippen molar-refractivity contribution >= 4 is 0 Å². The highest BCUT2D eigenvalue weighted by molar-refractivity contribution is 5.20. The van der Waals surface area contributed by atoms with Gasteiger partial charge in [0.25, 0.3) is 0 Å². The summed E-state index contributed by atoms with van der Waals surface area (Å²) in [6.45, 7) is 1.44. The Balaban J connectivity index is 3.10. The minimum atomic E-state index is -1.31. The van der Waals surface area contributed by atoms with Crippen molar-refractivity contribution < 1.29 is 9.50 Å². The lowest BCUT2D eigenvalue weighted by molar-refractivity contribution is 0.0628. The number of rotatable bonds is 2. The lowest BCUT2D eigenvalue weighted by Gasteiger charge is -2.21. The zero-order valence-electron chi connectivity index (χ0n) is 6.79. The van der Waals surface area contributed by atoms with Gasteiger partial charge in [-0.3, -0.25) is 4.98 Å². The van der Waals surface area contributed by atoms with Gasteiger partial charge in [-0.25, -0.2) is 4.39 Å². The second-order valence-electron chi connectivity index (χ2n) is 2.83. The van der Waals surface area contributed by atoms with Gasteiger partial charge in [-0.05, 0) is 13.0 Å². The van der Waals surface area contributed by atoms with E-state index in [4.69, 9.17) is 5.73 Å². The van der Waals surface area contributed by atoms with Crippen molar-refractivity contribution in [3.8, 4) is 0 Å². The average molecular weight is 170 g/mol. The minimum absolute atomic E-state index is 0.0199. The Kier molecular flexibility index (Phi) is 2.40. The topological polar surface area (TPSA) is 59.1 Å². The summed E-state index contributed by atoms with van der Waals surface area (Å²) >= 11 is 0. The molecule has 0 bridgehead atoms. The van der Waals surface area contributed by atoms with Gasteiger partial charge in [-0.15, -0.1) is 0 Å². The number of hydrogen-bond acceptors (Lipinski definition) is 3. The molecular formula is C8H11FN2O. The molecule has 0 fully saturated rings. The molecule has 0 saturated carbocycles. The molecule has 0 aromatic carbocycles. The summed E-state index contributed by atoms with van der Waals surface area (Å²) in [6.07, 6.45) is 2.47. The van der Waals surface area contributed by atoms with Crippen molar-refractivity contribution in [3.63, 3.8) is 0 Å². The van der Waals surface area contributed by atoms with Gasteiger partial charge in [-0.2, -0.15) is 0 Å². The van der Waals surface area contributed by atoms with E-state index in [0.29, 0.717) is 0 Å². The van der Waals surface area contributed by atoms with E-state index in [1.165, 1.54) is 19.2 Å². The predicted molar refractivity (Wildman–Crippen MR) is 42.8 cm³/mol. The Labute approximate surface area is 70.0 Å². The van der Waals surface area contributed by atoms with Crippen molar-refractivity contribution in [3.05, 3.63) is 29.8 Å². The van der Waals surface area contributed by atoms with Gasteiger partial charge in [0, 0.05) is 18.3 Å². The fourth-order valence-corrected chi connectivity index (χ4v) is 0.922. The summed E-state index contributed by atoms with van der Waals surface area (Å²) in [4.78, 5) is 3.57. The molecule has 3 N–H and O–H groups in total. The third-order valence-corrected chi connectivity index (χ3v) is 1.75. The number of nitrogens with zero attached hydrogens (tertiary/aromatic N) is 1. The summed E-state index contributed by atoms with van der Waals surface area (Å²) in [5, 5.41) is 9.58. The van der Waals surface area contributed by atoms with Crippen LogP contribution in [0, 0.1) is 5.82 Å². The Morgan fingerprint density at radius 1 is 1.75 bits per heavy atom. The normalized spacial score (nSPS) is 15.7. The number of pyridine rings is 1. The standard InChI is InChI=1S/C8H11FN2O/c1-8(12,5-10)6-2-3-11-4-7(6)9/h2-4,12H,5,10H2,1H3. The molecule has 1 atom stereocenters. The van der Waals surface area contributed by atoms with Crippen LogP contribution >= 0.6 is 0 Å². The second kappa shape index (κ2) is 3.16. The van der Waals surface area contributed by atoms with Crippen LogP contribution < -0.4 is 5.73 Å². The van der Waals surface area contributed by atoms with Crippen LogP contribution in [0.1, 0.15) is 12.5 Å². The van der Waals surface area contributed by atoms with Crippen LogP contribution in [0.2, 0.25) is 0 Å². The molecule has 3 nitrogen and oxygen atoms in total. The van der Waals surface area contributed by atoms with Gasteiger partial charge in [-0.1, -0.05) is 0 Å². The summed E-state index contributed by atoms with van der Waals surface area (Å²) in [6, 6.07) is 1.42. The molecule has 4 heteroatoms. The first-order valence-corrected chi connectivity index (χ1v) is 3.60. The van der Waals surface area contributed by atoms with Crippen LogP contribution in [-0.4, -0.2) is 16.6 Å². The highest BCUT2D eigenvalue weighted by Crippen LogP contribution is 2.20. The quantitative estimate of drug-likeness (QED) is 0.674. The van der Waals surface area contributed by atoms with Crippen LogP contribution in [0.4, 0.5) is 4.39 Å². The molecule has 1 aromatic heterocycles. The van der Waals surface area contributed by atoms with E-state index in [-0.39, 0.29) is 12.1 Å². The zero-order valence-corrected chi connectivity index (χ0v) is 6.79. The van der Waals surface area contributed by atoms with Crippen LogP contribution in [0.5, 0.6) is 0 Å². The molecule has 12 heavy (non-hydrogen) atoms. The maximum atomic E-state index is 13.0.